The van der Waals surface area contributed by atoms with Crippen molar-refractivity contribution in [1.29, 1.82) is 0 Å². The third-order valence-electron chi connectivity index (χ3n) is 3.22. The molecule has 1 aromatic carbocycles. The zero-order valence-corrected chi connectivity index (χ0v) is 12.6. The van der Waals surface area contributed by atoms with Crippen LogP contribution >= 0.6 is 15.9 Å². The third kappa shape index (κ3) is 3.19. The monoisotopic (exact) mass is 328 g/mol. The van der Waals surface area contributed by atoms with E-state index >= 15 is 0 Å². The smallest absolute Gasteiger partial charge is 0.207 e. The fourth-order valence-corrected chi connectivity index (χ4v) is 2.65. The van der Waals surface area contributed by atoms with Crippen LogP contribution in [-0.4, -0.2) is 44.7 Å². The van der Waals surface area contributed by atoms with Crippen LogP contribution in [0, 0.1) is 0 Å². The van der Waals surface area contributed by atoms with Gasteiger partial charge in [0.15, 0.2) is 0 Å². The van der Waals surface area contributed by atoms with Crippen LogP contribution in [0.25, 0.3) is 0 Å². The minimum atomic E-state index is 0.255. The predicted molar refractivity (Wildman–Crippen MR) is 75.5 cm³/mol. The van der Waals surface area contributed by atoms with Gasteiger partial charge in [0, 0.05) is 24.1 Å². The predicted octanol–water partition coefficient (Wildman–Crippen LogP) is 1.40. The second-order valence-electron chi connectivity index (χ2n) is 4.46. The Morgan fingerprint density at radius 3 is 2.42 bits per heavy atom. The first-order valence-electron chi connectivity index (χ1n) is 6.00. The fourth-order valence-electron chi connectivity index (χ4n) is 2.23. The molecule has 0 radical (unpaired) electrons. The summed E-state index contributed by atoms with van der Waals surface area (Å²) in [4.78, 5) is 12.6. The average Bonchev–Trinajstić information content (AvgIpc) is 2.37. The minimum absolute atomic E-state index is 0.255. The highest BCUT2D eigenvalue weighted by Gasteiger charge is 2.27. The van der Waals surface area contributed by atoms with E-state index in [-0.39, 0.29) is 6.04 Å². The lowest BCUT2D eigenvalue weighted by atomic mass is 10.1. The van der Waals surface area contributed by atoms with Gasteiger partial charge in [0.2, 0.25) is 6.41 Å². The zero-order valence-electron chi connectivity index (χ0n) is 11.0. The van der Waals surface area contributed by atoms with Crippen molar-refractivity contribution in [3.8, 4) is 11.5 Å². The van der Waals surface area contributed by atoms with Crippen molar-refractivity contribution < 1.29 is 14.3 Å². The molecule has 1 saturated heterocycles. The lowest BCUT2D eigenvalue weighted by Crippen LogP contribution is -2.56. The molecule has 0 spiro atoms. The van der Waals surface area contributed by atoms with Crippen molar-refractivity contribution in [1.82, 2.24) is 10.2 Å². The van der Waals surface area contributed by atoms with Crippen molar-refractivity contribution in [2.45, 2.75) is 12.6 Å². The van der Waals surface area contributed by atoms with E-state index < -0.39 is 0 Å². The minimum Gasteiger partial charge on any atom is -0.496 e. The summed E-state index contributed by atoms with van der Waals surface area (Å²) in [5, 5.41) is 2.77. The summed E-state index contributed by atoms with van der Waals surface area (Å²) in [6.45, 7) is 2.44. The van der Waals surface area contributed by atoms with Crippen molar-refractivity contribution >= 4 is 22.3 Å². The number of methoxy groups -OCH3 is 2. The number of rotatable bonds is 6. The number of hydrogen-bond donors (Lipinski definition) is 1. The largest absolute Gasteiger partial charge is 0.496 e. The number of likely N-dealkylation sites (tertiary alicyclic amines) is 1. The number of nitrogens with one attached hydrogen (secondary N) is 1. The van der Waals surface area contributed by atoms with E-state index in [2.05, 4.69) is 26.1 Å². The molecule has 0 bridgehead atoms. The molecule has 0 saturated carbocycles. The van der Waals surface area contributed by atoms with Gasteiger partial charge in [0.25, 0.3) is 0 Å². The summed E-state index contributed by atoms with van der Waals surface area (Å²) >= 11 is 3.43. The molecular formula is C13H17BrN2O3. The average molecular weight is 329 g/mol. The van der Waals surface area contributed by atoms with E-state index in [0.717, 1.165) is 47.6 Å². The Labute approximate surface area is 121 Å². The van der Waals surface area contributed by atoms with E-state index in [4.69, 9.17) is 9.47 Å². The maximum absolute atomic E-state index is 10.3. The third-order valence-corrected chi connectivity index (χ3v) is 3.67. The Balaban J connectivity index is 2.09. The van der Waals surface area contributed by atoms with Crippen LogP contribution in [0.2, 0.25) is 0 Å². The van der Waals surface area contributed by atoms with E-state index in [9.17, 15) is 4.79 Å². The summed E-state index contributed by atoms with van der Waals surface area (Å²) in [5.74, 6) is 1.61. The van der Waals surface area contributed by atoms with Crippen molar-refractivity contribution in [3.63, 3.8) is 0 Å². The van der Waals surface area contributed by atoms with E-state index in [1.165, 1.54) is 0 Å². The van der Waals surface area contributed by atoms with Crippen LogP contribution in [0.4, 0.5) is 0 Å². The molecule has 1 aliphatic heterocycles. The molecule has 6 heteroatoms. The molecule has 19 heavy (non-hydrogen) atoms. The van der Waals surface area contributed by atoms with Gasteiger partial charge in [0.1, 0.15) is 11.5 Å². The van der Waals surface area contributed by atoms with Gasteiger partial charge in [-0.3, -0.25) is 9.69 Å². The van der Waals surface area contributed by atoms with Crippen molar-refractivity contribution in [2.75, 3.05) is 27.3 Å². The molecular weight excluding hydrogens is 312 g/mol. The lowest BCUT2D eigenvalue weighted by molar-refractivity contribution is -0.111. The topological polar surface area (TPSA) is 50.8 Å². The molecule has 1 heterocycles. The first-order valence-corrected chi connectivity index (χ1v) is 6.79. The summed E-state index contributed by atoms with van der Waals surface area (Å²) in [6.07, 6.45) is 0.753. The van der Waals surface area contributed by atoms with Crippen LogP contribution in [-0.2, 0) is 11.3 Å². The molecule has 0 aliphatic carbocycles. The summed E-state index contributed by atoms with van der Waals surface area (Å²) < 4.78 is 11.7. The van der Waals surface area contributed by atoms with Crippen LogP contribution in [0.5, 0.6) is 11.5 Å². The Bertz CT molecular complexity index is 436. The van der Waals surface area contributed by atoms with Crippen LogP contribution < -0.4 is 14.8 Å². The normalized spacial score (nSPS) is 15.7. The van der Waals surface area contributed by atoms with Crippen LogP contribution in [0.1, 0.15) is 5.56 Å². The molecule has 104 valence electrons. The molecule has 1 amide bonds. The molecule has 2 rings (SSSR count). The quantitative estimate of drug-likeness (QED) is 0.802. The summed E-state index contributed by atoms with van der Waals surface area (Å²) in [7, 11) is 3.30. The zero-order chi connectivity index (χ0) is 13.8. The maximum Gasteiger partial charge on any atom is 0.207 e. The standard InChI is InChI=1S/C13H17BrN2O3/c1-18-12-3-9(14)4-13(19-2)11(12)7-16-5-10(6-16)15-8-17/h3-4,8,10H,5-7H2,1-2H3,(H,15,17). The molecule has 0 aromatic heterocycles. The fraction of sp³-hybridized carbons (Fsp3) is 0.462. The van der Waals surface area contributed by atoms with Gasteiger partial charge in [-0.1, -0.05) is 15.9 Å². The van der Waals surface area contributed by atoms with Gasteiger partial charge in [-0.15, -0.1) is 0 Å². The molecule has 5 nitrogen and oxygen atoms in total. The number of benzene rings is 1. The molecule has 1 N–H and O–H groups in total. The summed E-state index contributed by atoms with van der Waals surface area (Å²) in [5.41, 5.74) is 1.03. The Morgan fingerprint density at radius 2 is 1.95 bits per heavy atom. The van der Waals surface area contributed by atoms with Gasteiger partial charge in [-0.05, 0) is 12.1 Å². The molecule has 1 aromatic rings. The number of ether oxygens (including phenoxy) is 2. The van der Waals surface area contributed by atoms with E-state index in [1.807, 2.05) is 12.1 Å². The Hall–Kier alpha value is -1.27. The first kappa shape index (κ1) is 14.1. The van der Waals surface area contributed by atoms with Crippen molar-refractivity contribution in [2.24, 2.45) is 0 Å². The van der Waals surface area contributed by atoms with Crippen LogP contribution in [0.3, 0.4) is 0 Å². The Morgan fingerprint density at radius 1 is 1.37 bits per heavy atom. The lowest BCUT2D eigenvalue weighted by Gasteiger charge is -2.39. The van der Waals surface area contributed by atoms with Gasteiger partial charge in [-0.2, -0.15) is 0 Å². The van der Waals surface area contributed by atoms with Crippen molar-refractivity contribution in [3.05, 3.63) is 22.2 Å². The highest BCUT2D eigenvalue weighted by molar-refractivity contribution is 9.10. The van der Waals surface area contributed by atoms with Gasteiger partial charge >= 0.3 is 0 Å². The maximum atomic E-state index is 10.3. The number of amides is 1. The second-order valence-corrected chi connectivity index (χ2v) is 5.38. The van der Waals surface area contributed by atoms with Gasteiger partial charge in [0.05, 0.1) is 25.8 Å². The highest BCUT2D eigenvalue weighted by atomic mass is 79.9. The van der Waals surface area contributed by atoms with Gasteiger partial charge in [-0.25, -0.2) is 0 Å². The molecule has 1 aliphatic rings. The Kier molecular flexibility index (Phi) is 4.66. The highest BCUT2D eigenvalue weighted by Crippen LogP contribution is 2.34. The SMILES string of the molecule is COc1cc(Br)cc(OC)c1CN1CC(NC=O)C1. The van der Waals surface area contributed by atoms with E-state index in [1.54, 1.807) is 14.2 Å². The number of nitrogens with zero attached hydrogens (tertiary/aromatic N) is 1. The number of carbonyl (C=O) groups is 1. The molecule has 1 fully saturated rings. The van der Waals surface area contributed by atoms with Gasteiger partial charge < -0.3 is 14.8 Å². The molecule has 0 atom stereocenters. The summed E-state index contributed by atoms with van der Waals surface area (Å²) in [6, 6.07) is 4.11. The molecule has 0 unspecified atom stereocenters. The van der Waals surface area contributed by atoms with E-state index in [0.29, 0.717) is 0 Å². The number of carbonyl (C=O) groups excluding carboxylic acids is 1. The second kappa shape index (κ2) is 6.25. The number of halogens is 1. The van der Waals surface area contributed by atoms with Crippen LogP contribution in [0.15, 0.2) is 16.6 Å². The number of hydrogen-bond acceptors (Lipinski definition) is 4. The first-order chi connectivity index (χ1) is 9.17.